The molecule has 5 rings (SSSR count). The van der Waals surface area contributed by atoms with Gasteiger partial charge in [0.05, 0.1) is 30.6 Å². The number of pyridine rings is 1. The van der Waals surface area contributed by atoms with E-state index >= 15 is 0 Å². The van der Waals surface area contributed by atoms with Crippen LogP contribution in [-0.2, 0) is 7.05 Å². The molecule has 1 saturated heterocycles. The van der Waals surface area contributed by atoms with Crippen molar-refractivity contribution in [2.24, 2.45) is 7.05 Å². The maximum Gasteiger partial charge on any atom is 0.261 e. The monoisotopic (exact) mass is 447 g/mol. The summed E-state index contributed by atoms with van der Waals surface area (Å²) in [4.78, 5) is 35.7. The van der Waals surface area contributed by atoms with Crippen molar-refractivity contribution in [3.63, 3.8) is 0 Å². The number of fused-ring (bicyclic) bond motifs is 1. The average molecular weight is 448 g/mol. The highest BCUT2D eigenvalue weighted by atomic mass is 16.3. The summed E-state index contributed by atoms with van der Waals surface area (Å²) in [7, 11) is 1.84. The van der Waals surface area contributed by atoms with E-state index in [-0.39, 0.29) is 18.2 Å². The van der Waals surface area contributed by atoms with E-state index < -0.39 is 0 Å². The molecule has 0 unspecified atom stereocenters. The molecule has 1 atom stereocenters. The summed E-state index contributed by atoms with van der Waals surface area (Å²) in [5, 5.41) is 14.3. The number of rotatable bonds is 5. The van der Waals surface area contributed by atoms with Gasteiger partial charge < -0.3 is 14.9 Å². The number of aromatic nitrogens is 7. The first-order chi connectivity index (χ1) is 16.0. The van der Waals surface area contributed by atoms with Crippen molar-refractivity contribution < 1.29 is 5.11 Å². The van der Waals surface area contributed by atoms with Gasteiger partial charge >= 0.3 is 0 Å². The smallest absolute Gasteiger partial charge is 0.261 e. The molecule has 0 saturated carbocycles. The molecule has 5 heterocycles. The normalized spacial score (nSPS) is 15.2. The molecule has 4 aromatic heterocycles. The maximum absolute atomic E-state index is 13.3. The number of hydrogen-bond acceptors (Lipinski definition) is 9. The van der Waals surface area contributed by atoms with Crippen molar-refractivity contribution in [2.75, 3.05) is 42.6 Å². The topological polar surface area (TPSA) is 118 Å². The van der Waals surface area contributed by atoms with E-state index in [1.165, 1.54) is 10.9 Å². The van der Waals surface area contributed by atoms with Crippen molar-refractivity contribution in [1.82, 2.24) is 34.3 Å². The molecule has 4 aromatic rings. The number of piperazine rings is 1. The van der Waals surface area contributed by atoms with Gasteiger partial charge in [-0.2, -0.15) is 5.10 Å². The molecule has 33 heavy (non-hydrogen) atoms. The van der Waals surface area contributed by atoms with Gasteiger partial charge in [-0.3, -0.25) is 14.0 Å². The lowest BCUT2D eigenvalue weighted by molar-refractivity contribution is 0.236. The van der Waals surface area contributed by atoms with Gasteiger partial charge in [-0.25, -0.2) is 19.9 Å². The summed E-state index contributed by atoms with van der Waals surface area (Å²) in [6.45, 7) is 4.54. The third-order valence-corrected chi connectivity index (χ3v) is 5.91. The van der Waals surface area contributed by atoms with Crippen LogP contribution in [0.25, 0.3) is 22.2 Å². The van der Waals surface area contributed by atoms with E-state index in [0.717, 1.165) is 18.7 Å². The number of nitrogens with zero attached hydrogens (tertiary/aromatic N) is 9. The van der Waals surface area contributed by atoms with Gasteiger partial charge in [-0.15, -0.1) is 0 Å². The van der Waals surface area contributed by atoms with E-state index in [4.69, 9.17) is 4.98 Å². The van der Waals surface area contributed by atoms with Crippen LogP contribution in [0.3, 0.4) is 0 Å². The first-order valence-electron chi connectivity index (χ1n) is 10.8. The largest absolute Gasteiger partial charge is 0.394 e. The van der Waals surface area contributed by atoms with E-state index in [0.29, 0.717) is 41.5 Å². The van der Waals surface area contributed by atoms with Crippen molar-refractivity contribution in [3.8, 4) is 11.3 Å². The molecule has 0 bridgehead atoms. The fraction of sp³-hybridized carbons (Fsp3) is 0.364. The number of anilines is 2. The number of aryl methyl sites for hydroxylation is 1. The summed E-state index contributed by atoms with van der Waals surface area (Å²) in [6, 6.07) is 3.24. The quantitative estimate of drug-likeness (QED) is 0.475. The molecule has 1 aliphatic heterocycles. The Balaban J connectivity index is 1.56. The molecule has 0 radical (unpaired) electrons. The molecule has 0 aliphatic carbocycles. The molecule has 11 nitrogen and oxygen atoms in total. The number of aliphatic hydroxyl groups is 1. The second-order valence-electron chi connectivity index (χ2n) is 8.14. The Morgan fingerprint density at radius 2 is 1.82 bits per heavy atom. The second kappa shape index (κ2) is 8.58. The van der Waals surface area contributed by atoms with Crippen LogP contribution >= 0.6 is 0 Å². The van der Waals surface area contributed by atoms with E-state index in [1.54, 1.807) is 42.3 Å². The summed E-state index contributed by atoms with van der Waals surface area (Å²) in [5.41, 5.74) is 1.73. The zero-order chi connectivity index (χ0) is 22.9. The van der Waals surface area contributed by atoms with Gasteiger partial charge in [0.25, 0.3) is 5.56 Å². The lowest BCUT2D eigenvalue weighted by Gasteiger charge is -2.35. The van der Waals surface area contributed by atoms with Gasteiger partial charge in [-0.1, -0.05) is 0 Å². The Hall–Kier alpha value is -3.86. The molecular weight excluding hydrogens is 422 g/mol. The van der Waals surface area contributed by atoms with Gasteiger partial charge in [0.1, 0.15) is 17.0 Å². The Morgan fingerprint density at radius 1 is 1.09 bits per heavy atom. The summed E-state index contributed by atoms with van der Waals surface area (Å²) in [6.07, 6.45) is 8.54. The molecule has 11 heteroatoms. The van der Waals surface area contributed by atoms with Crippen molar-refractivity contribution in [1.29, 1.82) is 0 Å². The maximum atomic E-state index is 13.3. The van der Waals surface area contributed by atoms with Gasteiger partial charge in [0.2, 0.25) is 5.95 Å². The fourth-order valence-corrected chi connectivity index (χ4v) is 4.03. The molecule has 0 amide bonds. The van der Waals surface area contributed by atoms with Crippen molar-refractivity contribution in [2.45, 2.75) is 13.0 Å². The minimum Gasteiger partial charge on any atom is -0.394 e. The highest BCUT2D eigenvalue weighted by Crippen LogP contribution is 2.28. The van der Waals surface area contributed by atoms with E-state index in [2.05, 4.69) is 29.9 Å². The molecule has 0 aromatic carbocycles. The van der Waals surface area contributed by atoms with Gasteiger partial charge in [0, 0.05) is 57.4 Å². The standard InChI is InChI=1S/C22H25N9O2/c1-15(13-32)31-14-25-20-17(21(31)33)10-18(27-19(20)16-11-26-28(2)12-16)29-6-8-30(9-7-29)22-23-4-3-5-24-22/h3-5,10-12,14-15,32H,6-9,13H2,1-2H3/t15-/m0/s1. The molecule has 1 N–H and O–H groups in total. The average Bonchev–Trinajstić information content (AvgIpc) is 3.30. The molecule has 0 spiro atoms. The van der Waals surface area contributed by atoms with Crippen molar-refractivity contribution >= 4 is 22.7 Å². The Labute approximate surface area is 190 Å². The number of aliphatic hydroxyl groups excluding tert-OH is 1. The molecule has 1 aliphatic rings. The van der Waals surface area contributed by atoms with Gasteiger partial charge in [-0.05, 0) is 19.1 Å². The summed E-state index contributed by atoms with van der Waals surface area (Å²) in [5.74, 6) is 1.42. The summed E-state index contributed by atoms with van der Waals surface area (Å²) >= 11 is 0. The molecular formula is C22H25N9O2. The fourth-order valence-electron chi connectivity index (χ4n) is 4.03. The lowest BCUT2D eigenvalue weighted by atomic mass is 10.1. The second-order valence-corrected chi connectivity index (χ2v) is 8.14. The van der Waals surface area contributed by atoms with Crippen LogP contribution in [-0.4, -0.2) is 72.2 Å². The minimum absolute atomic E-state index is 0.149. The van der Waals surface area contributed by atoms with Gasteiger partial charge in [0.15, 0.2) is 0 Å². The third-order valence-electron chi connectivity index (χ3n) is 5.91. The van der Waals surface area contributed by atoms with Crippen LogP contribution in [0.5, 0.6) is 0 Å². The summed E-state index contributed by atoms with van der Waals surface area (Å²) < 4.78 is 3.16. The Kier molecular flexibility index (Phi) is 5.47. The van der Waals surface area contributed by atoms with Crippen LogP contribution in [0.1, 0.15) is 13.0 Å². The highest BCUT2D eigenvalue weighted by Gasteiger charge is 2.23. The van der Waals surface area contributed by atoms with E-state index in [1.807, 2.05) is 13.2 Å². The van der Waals surface area contributed by atoms with Crippen LogP contribution in [0.15, 0.2) is 48.0 Å². The highest BCUT2D eigenvalue weighted by molar-refractivity contribution is 5.92. The molecule has 1 fully saturated rings. The van der Waals surface area contributed by atoms with Crippen LogP contribution in [0, 0.1) is 0 Å². The third kappa shape index (κ3) is 3.91. The number of hydrogen-bond donors (Lipinski definition) is 1. The predicted octanol–water partition coefficient (Wildman–Crippen LogP) is 0.862. The zero-order valence-electron chi connectivity index (χ0n) is 18.5. The van der Waals surface area contributed by atoms with Crippen LogP contribution < -0.4 is 15.4 Å². The Bertz CT molecular complexity index is 1330. The first kappa shape index (κ1) is 21.0. The lowest BCUT2D eigenvalue weighted by Crippen LogP contribution is -2.47. The Morgan fingerprint density at radius 3 is 2.48 bits per heavy atom. The first-order valence-corrected chi connectivity index (χ1v) is 10.8. The van der Waals surface area contributed by atoms with E-state index in [9.17, 15) is 9.90 Å². The SMILES string of the molecule is C[C@@H](CO)n1cnc2c(-c3cnn(C)c3)nc(N3CCN(c4ncccn4)CC3)cc2c1=O. The molecule has 170 valence electrons. The zero-order valence-corrected chi connectivity index (χ0v) is 18.5. The van der Waals surface area contributed by atoms with Crippen molar-refractivity contribution in [3.05, 3.63) is 53.6 Å². The predicted molar refractivity (Wildman–Crippen MR) is 124 cm³/mol. The minimum atomic E-state index is -0.373. The van der Waals surface area contributed by atoms with Crippen LogP contribution in [0.2, 0.25) is 0 Å². The van der Waals surface area contributed by atoms with Crippen LogP contribution in [0.4, 0.5) is 11.8 Å².